The van der Waals surface area contributed by atoms with Gasteiger partial charge in [-0.15, -0.1) is 11.3 Å². The van der Waals surface area contributed by atoms with Crippen molar-refractivity contribution in [2.24, 2.45) is 11.8 Å². The second-order valence-corrected chi connectivity index (χ2v) is 10.5. The number of thiazole rings is 1. The van der Waals surface area contributed by atoms with E-state index in [1.165, 1.54) is 37.0 Å². The maximum absolute atomic E-state index is 13.3. The Morgan fingerprint density at radius 1 is 1.10 bits per heavy atom. The summed E-state index contributed by atoms with van der Waals surface area (Å²) in [5.41, 5.74) is 0. The van der Waals surface area contributed by atoms with Gasteiger partial charge in [-0.2, -0.15) is 0 Å². The molecule has 2 heterocycles. The Bertz CT molecular complexity index is 716. The van der Waals surface area contributed by atoms with E-state index in [0.29, 0.717) is 23.0 Å². The third kappa shape index (κ3) is 5.30. The number of hydrogen-bond donors (Lipinski definition) is 1. The lowest BCUT2D eigenvalue weighted by atomic mass is 9.85. The molecular formula is C22H34N4O2S. The zero-order chi connectivity index (χ0) is 20.4. The fraction of sp³-hybridized carbons (Fsp3) is 0.773. The number of piperidine rings is 1. The average Bonchev–Trinajstić information content (AvgIpc) is 3.43. The van der Waals surface area contributed by atoms with E-state index in [2.05, 4.69) is 22.1 Å². The van der Waals surface area contributed by atoms with Gasteiger partial charge in [-0.05, 0) is 70.1 Å². The molecule has 0 unspecified atom stereocenters. The summed E-state index contributed by atoms with van der Waals surface area (Å²) in [5, 5.41) is 3.73. The van der Waals surface area contributed by atoms with Gasteiger partial charge < -0.3 is 9.80 Å². The lowest BCUT2D eigenvalue weighted by molar-refractivity contribution is -0.133. The van der Waals surface area contributed by atoms with E-state index in [4.69, 9.17) is 0 Å². The molecule has 2 aliphatic carbocycles. The molecule has 0 atom stereocenters. The van der Waals surface area contributed by atoms with Crippen LogP contribution in [0.3, 0.4) is 0 Å². The van der Waals surface area contributed by atoms with Gasteiger partial charge in [0.2, 0.25) is 5.91 Å². The van der Waals surface area contributed by atoms with Crippen LogP contribution in [0, 0.1) is 18.8 Å². The van der Waals surface area contributed by atoms with Crippen LogP contribution in [0.2, 0.25) is 0 Å². The van der Waals surface area contributed by atoms with E-state index in [1.54, 1.807) is 6.20 Å². The highest BCUT2D eigenvalue weighted by Gasteiger charge is 2.36. The van der Waals surface area contributed by atoms with E-state index in [9.17, 15) is 9.59 Å². The summed E-state index contributed by atoms with van der Waals surface area (Å²) < 4.78 is 0. The molecule has 1 aromatic heterocycles. The minimum absolute atomic E-state index is 0.0124. The summed E-state index contributed by atoms with van der Waals surface area (Å²) in [7, 11) is 0. The van der Waals surface area contributed by atoms with Gasteiger partial charge in [-0.1, -0.05) is 6.92 Å². The summed E-state index contributed by atoms with van der Waals surface area (Å²) in [5.74, 6) is 1.69. The number of nitrogens with zero attached hydrogens (tertiary/aromatic N) is 3. The Labute approximate surface area is 178 Å². The Balaban J connectivity index is 1.40. The molecular weight excluding hydrogens is 384 g/mol. The molecule has 4 rings (SSSR count). The molecule has 1 aromatic rings. The van der Waals surface area contributed by atoms with Gasteiger partial charge in [0.15, 0.2) is 5.13 Å². The molecule has 0 radical (unpaired) electrons. The molecule has 1 saturated heterocycles. The van der Waals surface area contributed by atoms with Crippen LogP contribution in [0.4, 0.5) is 9.93 Å². The Morgan fingerprint density at radius 2 is 1.76 bits per heavy atom. The number of aryl methyl sites for hydroxylation is 1. The number of likely N-dealkylation sites (tertiary alicyclic amines) is 1. The minimum atomic E-state index is -0.0124. The van der Waals surface area contributed by atoms with Crippen molar-refractivity contribution in [1.82, 2.24) is 14.8 Å². The number of carbonyl (C=O) groups excluding carboxylic acids is 2. The number of nitrogens with one attached hydrogen (secondary N) is 1. The predicted molar refractivity (Wildman–Crippen MR) is 116 cm³/mol. The van der Waals surface area contributed by atoms with Crippen molar-refractivity contribution in [1.29, 1.82) is 0 Å². The standard InChI is InChI=1S/C22H34N4O2S/c1-15-3-7-18(8-4-15)26(22(28)24-21-23-14-16(2)29-21)19-9-11-25(12-10-19)20(27)13-17-5-6-17/h14-15,17-19H,3-13H2,1-2H3,(H,23,24,28). The normalized spacial score (nSPS) is 25.7. The maximum atomic E-state index is 13.3. The molecule has 1 N–H and O–H groups in total. The zero-order valence-corrected chi connectivity index (χ0v) is 18.5. The molecule has 2 saturated carbocycles. The highest BCUT2D eigenvalue weighted by molar-refractivity contribution is 7.15. The van der Waals surface area contributed by atoms with Crippen LogP contribution in [0.25, 0.3) is 0 Å². The molecule has 0 aromatic carbocycles. The highest BCUT2D eigenvalue weighted by Crippen LogP contribution is 2.34. The van der Waals surface area contributed by atoms with Crippen molar-refractivity contribution < 1.29 is 9.59 Å². The third-order valence-electron chi connectivity index (χ3n) is 6.82. The predicted octanol–water partition coefficient (Wildman–Crippen LogP) is 4.66. The fourth-order valence-corrected chi connectivity index (χ4v) is 5.46. The van der Waals surface area contributed by atoms with E-state index in [1.807, 2.05) is 11.8 Å². The first-order valence-corrected chi connectivity index (χ1v) is 12.1. The molecule has 7 heteroatoms. The summed E-state index contributed by atoms with van der Waals surface area (Å²) in [6.07, 6.45) is 11.2. The van der Waals surface area contributed by atoms with E-state index in [-0.39, 0.29) is 12.1 Å². The second kappa shape index (κ2) is 9.02. The van der Waals surface area contributed by atoms with Crippen LogP contribution < -0.4 is 5.32 Å². The first kappa shape index (κ1) is 20.6. The van der Waals surface area contributed by atoms with E-state index in [0.717, 1.165) is 56.0 Å². The molecule has 3 fully saturated rings. The van der Waals surface area contributed by atoms with Crippen molar-refractivity contribution in [3.63, 3.8) is 0 Å². The average molecular weight is 419 g/mol. The number of rotatable bonds is 5. The number of anilines is 1. The molecule has 3 amide bonds. The first-order valence-electron chi connectivity index (χ1n) is 11.3. The topological polar surface area (TPSA) is 65.5 Å². The summed E-state index contributed by atoms with van der Waals surface area (Å²) in [4.78, 5) is 35.3. The van der Waals surface area contributed by atoms with Crippen LogP contribution in [0.15, 0.2) is 6.20 Å². The van der Waals surface area contributed by atoms with Crippen LogP contribution in [-0.4, -0.2) is 51.9 Å². The number of amides is 3. The van der Waals surface area contributed by atoms with Crippen LogP contribution >= 0.6 is 11.3 Å². The molecule has 160 valence electrons. The number of aromatic nitrogens is 1. The lowest BCUT2D eigenvalue weighted by Gasteiger charge is -2.44. The van der Waals surface area contributed by atoms with Crippen molar-refractivity contribution in [3.8, 4) is 0 Å². The number of urea groups is 1. The summed E-state index contributed by atoms with van der Waals surface area (Å²) >= 11 is 1.52. The third-order valence-corrected chi connectivity index (χ3v) is 7.65. The maximum Gasteiger partial charge on any atom is 0.324 e. The largest absolute Gasteiger partial charge is 0.343 e. The van der Waals surface area contributed by atoms with E-state index >= 15 is 0 Å². The van der Waals surface area contributed by atoms with Gasteiger partial charge in [0.05, 0.1) is 0 Å². The van der Waals surface area contributed by atoms with Gasteiger partial charge in [0.25, 0.3) is 0 Å². The number of hydrogen-bond acceptors (Lipinski definition) is 4. The van der Waals surface area contributed by atoms with Crippen LogP contribution in [0.5, 0.6) is 0 Å². The van der Waals surface area contributed by atoms with Crippen LogP contribution in [0.1, 0.15) is 69.6 Å². The lowest BCUT2D eigenvalue weighted by Crippen LogP contribution is -2.54. The van der Waals surface area contributed by atoms with Gasteiger partial charge >= 0.3 is 6.03 Å². The van der Waals surface area contributed by atoms with Gasteiger partial charge in [0.1, 0.15) is 0 Å². The molecule has 29 heavy (non-hydrogen) atoms. The Hall–Kier alpha value is -1.63. The van der Waals surface area contributed by atoms with Crippen LogP contribution in [-0.2, 0) is 4.79 Å². The molecule has 1 aliphatic heterocycles. The molecule has 0 bridgehead atoms. The van der Waals surface area contributed by atoms with Crippen molar-refractivity contribution in [3.05, 3.63) is 11.1 Å². The monoisotopic (exact) mass is 418 g/mol. The molecule has 0 spiro atoms. The van der Waals surface area contributed by atoms with Gasteiger partial charge in [-0.25, -0.2) is 9.78 Å². The highest BCUT2D eigenvalue weighted by atomic mass is 32.1. The molecule has 3 aliphatic rings. The SMILES string of the molecule is Cc1cnc(NC(=O)N(C2CCC(C)CC2)C2CCN(C(=O)CC3CC3)CC2)s1. The van der Waals surface area contributed by atoms with Crippen molar-refractivity contribution in [2.45, 2.75) is 83.7 Å². The smallest absolute Gasteiger partial charge is 0.324 e. The van der Waals surface area contributed by atoms with Crippen molar-refractivity contribution in [2.75, 3.05) is 18.4 Å². The summed E-state index contributed by atoms with van der Waals surface area (Å²) in [6.45, 7) is 5.86. The minimum Gasteiger partial charge on any atom is -0.343 e. The van der Waals surface area contributed by atoms with Gasteiger partial charge in [0, 0.05) is 42.7 Å². The van der Waals surface area contributed by atoms with Crippen molar-refractivity contribution >= 4 is 28.4 Å². The first-order chi connectivity index (χ1) is 14.0. The van der Waals surface area contributed by atoms with Gasteiger partial charge in [-0.3, -0.25) is 10.1 Å². The second-order valence-electron chi connectivity index (χ2n) is 9.29. The molecule has 6 nitrogen and oxygen atoms in total. The number of carbonyl (C=O) groups is 2. The quantitative estimate of drug-likeness (QED) is 0.757. The summed E-state index contributed by atoms with van der Waals surface area (Å²) in [6, 6.07) is 0.493. The Morgan fingerprint density at radius 3 is 2.34 bits per heavy atom. The van der Waals surface area contributed by atoms with E-state index < -0.39 is 0 Å². The fourth-order valence-electron chi connectivity index (χ4n) is 4.81. The zero-order valence-electron chi connectivity index (χ0n) is 17.7. The Kier molecular flexibility index (Phi) is 6.42.